The summed E-state index contributed by atoms with van der Waals surface area (Å²) in [5.41, 5.74) is 0. The highest BCUT2D eigenvalue weighted by atomic mass is 127. The van der Waals surface area contributed by atoms with Gasteiger partial charge in [-0.1, -0.05) is 38.5 Å². The Kier molecular flexibility index (Phi) is 4.84. The highest BCUT2D eigenvalue weighted by molar-refractivity contribution is 14.1. The lowest BCUT2D eigenvalue weighted by Gasteiger charge is -2.30. The number of hydrogen-bond donors (Lipinski definition) is 0. The van der Waals surface area contributed by atoms with Gasteiger partial charge in [0.05, 0.1) is 4.55 Å². The Labute approximate surface area is 118 Å². The molecule has 1 aromatic heterocycles. The van der Waals surface area contributed by atoms with Crippen LogP contribution >= 0.6 is 38.5 Å². The third-order valence-electron chi connectivity index (χ3n) is 2.69. The van der Waals surface area contributed by atoms with Crippen molar-refractivity contribution in [3.63, 3.8) is 0 Å². The van der Waals surface area contributed by atoms with Gasteiger partial charge >= 0.3 is 0 Å². The van der Waals surface area contributed by atoms with E-state index in [1.807, 2.05) is 12.1 Å². The van der Waals surface area contributed by atoms with Gasteiger partial charge in [0, 0.05) is 29.8 Å². The molecule has 0 saturated carbocycles. The lowest BCUT2D eigenvalue weighted by Crippen LogP contribution is -2.37. The zero-order valence-electron chi connectivity index (χ0n) is 8.90. The fraction of sp³-hybridized carbons (Fsp3) is 0.545. The van der Waals surface area contributed by atoms with Crippen LogP contribution in [-0.2, 0) is 0 Å². The first kappa shape index (κ1) is 12.6. The third-order valence-corrected chi connectivity index (χ3v) is 4.15. The van der Waals surface area contributed by atoms with Crippen molar-refractivity contribution in [3.8, 4) is 5.88 Å². The minimum atomic E-state index is 0.320. The molecule has 2 rings (SSSR count). The van der Waals surface area contributed by atoms with Gasteiger partial charge in [0.25, 0.3) is 0 Å². The van der Waals surface area contributed by atoms with Gasteiger partial charge in [-0.15, -0.1) is 0 Å². The number of alkyl halides is 1. The SMILES string of the molecule is Brc1ccnc(OC2CCN(CI)CC2)c1. The topological polar surface area (TPSA) is 25.4 Å². The Morgan fingerprint density at radius 2 is 2.25 bits per heavy atom. The van der Waals surface area contributed by atoms with E-state index in [9.17, 15) is 0 Å². The molecule has 1 fully saturated rings. The summed E-state index contributed by atoms with van der Waals surface area (Å²) >= 11 is 5.83. The number of hydrogen-bond acceptors (Lipinski definition) is 3. The Morgan fingerprint density at radius 3 is 2.88 bits per heavy atom. The maximum atomic E-state index is 5.86. The van der Waals surface area contributed by atoms with Crippen molar-refractivity contribution in [2.45, 2.75) is 18.9 Å². The van der Waals surface area contributed by atoms with E-state index in [0.717, 1.165) is 40.8 Å². The number of pyridine rings is 1. The summed E-state index contributed by atoms with van der Waals surface area (Å²) < 4.78 is 7.99. The molecular formula is C11H14BrIN2O. The number of aromatic nitrogens is 1. The lowest BCUT2D eigenvalue weighted by molar-refractivity contribution is 0.108. The molecule has 1 aliphatic rings. The zero-order valence-corrected chi connectivity index (χ0v) is 12.6. The minimum Gasteiger partial charge on any atom is -0.474 e. The zero-order chi connectivity index (χ0) is 11.4. The van der Waals surface area contributed by atoms with Gasteiger partial charge in [-0.25, -0.2) is 4.98 Å². The molecule has 88 valence electrons. The van der Waals surface area contributed by atoms with Crippen LogP contribution < -0.4 is 4.74 Å². The number of piperidine rings is 1. The Morgan fingerprint density at radius 1 is 1.50 bits per heavy atom. The molecule has 0 aliphatic carbocycles. The first-order valence-electron chi connectivity index (χ1n) is 5.34. The minimum absolute atomic E-state index is 0.320. The van der Waals surface area contributed by atoms with Crippen LogP contribution in [0.3, 0.4) is 0 Å². The fourth-order valence-corrected chi connectivity index (χ4v) is 2.76. The summed E-state index contributed by atoms with van der Waals surface area (Å²) in [4.78, 5) is 6.64. The van der Waals surface area contributed by atoms with E-state index in [-0.39, 0.29) is 0 Å². The highest BCUT2D eigenvalue weighted by Gasteiger charge is 2.19. The van der Waals surface area contributed by atoms with Crippen molar-refractivity contribution in [2.75, 3.05) is 17.6 Å². The van der Waals surface area contributed by atoms with E-state index in [1.165, 1.54) is 0 Å². The molecule has 0 bridgehead atoms. The summed E-state index contributed by atoms with van der Waals surface area (Å²) in [5.74, 6) is 0.724. The Bertz CT molecular complexity index is 343. The van der Waals surface area contributed by atoms with Gasteiger partial charge in [-0.3, -0.25) is 4.90 Å². The van der Waals surface area contributed by atoms with Crippen LogP contribution in [0.2, 0.25) is 0 Å². The second-order valence-corrected chi connectivity index (χ2v) is 5.47. The van der Waals surface area contributed by atoms with Crippen molar-refractivity contribution in [2.24, 2.45) is 0 Å². The van der Waals surface area contributed by atoms with E-state index in [2.05, 4.69) is 48.4 Å². The lowest BCUT2D eigenvalue weighted by atomic mass is 10.1. The summed E-state index contributed by atoms with van der Waals surface area (Å²) in [6, 6.07) is 3.83. The maximum Gasteiger partial charge on any atom is 0.214 e. The molecule has 5 heteroatoms. The van der Waals surface area contributed by atoms with Gasteiger partial charge in [-0.2, -0.15) is 0 Å². The van der Waals surface area contributed by atoms with E-state index in [0.29, 0.717) is 6.10 Å². The first-order valence-corrected chi connectivity index (χ1v) is 7.66. The van der Waals surface area contributed by atoms with Crippen molar-refractivity contribution >= 4 is 38.5 Å². The third kappa shape index (κ3) is 3.56. The predicted molar refractivity (Wildman–Crippen MR) is 76.0 cm³/mol. The van der Waals surface area contributed by atoms with Crippen LogP contribution in [0.25, 0.3) is 0 Å². The molecule has 2 heterocycles. The smallest absolute Gasteiger partial charge is 0.214 e. The first-order chi connectivity index (χ1) is 7.78. The van der Waals surface area contributed by atoms with Crippen molar-refractivity contribution < 1.29 is 4.74 Å². The quantitative estimate of drug-likeness (QED) is 0.446. The van der Waals surface area contributed by atoms with Gasteiger partial charge < -0.3 is 4.74 Å². The van der Waals surface area contributed by atoms with Crippen molar-refractivity contribution in [1.29, 1.82) is 0 Å². The normalized spacial score (nSPS) is 18.6. The average molecular weight is 397 g/mol. The maximum absolute atomic E-state index is 5.86. The summed E-state index contributed by atoms with van der Waals surface area (Å²) in [5, 5.41) is 0. The molecule has 1 aromatic rings. The molecule has 0 atom stereocenters. The molecular weight excluding hydrogens is 383 g/mol. The second kappa shape index (κ2) is 6.16. The molecule has 0 amide bonds. The van der Waals surface area contributed by atoms with Crippen LogP contribution in [0, 0.1) is 0 Å². The van der Waals surface area contributed by atoms with E-state index in [4.69, 9.17) is 4.74 Å². The number of ether oxygens (including phenoxy) is 1. The van der Waals surface area contributed by atoms with Crippen molar-refractivity contribution in [1.82, 2.24) is 9.88 Å². The Hall–Kier alpha value is 0.120. The van der Waals surface area contributed by atoms with Crippen LogP contribution in [0.5, 0.6) is 5.88 Å². The molecule has 0 radical (unpaired) electrons. The van der Waals surface area contributed by atoms with Gasteiger partial charge in [0.15, 0.2) is 0 Å². The molecule has 0 unspecified atom stereocenters. The highest BCUT2D eigenvalue weighted by Crippen LogP contribution is 2.20. The standard InChI is InChI=1S/C11H14BrIN2O/c12-9-1-4-14-11(7-9)16-10-2-5-15(8-13)6-3-10/h1,4,7,10H,2-3,5-6,8H2. The monoisotopic (exact) mass is 396 g/mol. The van der Waals surface area contributed by atoms with Crippen LogP contribution in [0.15, 0.2) is 22.8 Å². The van der Waals surface area contributed by atoms with E-state index in [1.54, 1.807) is 6.20 Å². The van der Waals surface area contributed by atoms with Crippen LogP contribution in [-0.4, -0.2) is 33.6 Å². The predicted octanol–water partition coefficient (Wildman–Crippen LogP) is 3.08. The number of likely N-dealkylation sites (tertiary alicyclic amines) is 1. The number of nitrogens with zero attached hydrogens (tertiary/aromatic N) is 2. The molecule has 16 heavy (non-hydrogen) atoms. The summed E-state index contributed by atoms with van der Waals surface area (Å²) in [7, 11) is 0. The molecule has 0 N–H and O–H groups in total. The molecule has 1 saturated heterocycles. The fourth-order valence-electron chi connectivity index (χ4n) is 1.77. The van der Waals surface area contributed by atoms with E-state index < -0.39 is 0 Å². The van der Waals surface area contributed by atoms with E-state index >= 15 is 0 Å². The van der Waals surface area contributed by atoms with Crippen molar-refractivity contribution in [3.05, 3.63) is 22.8 Å². The number of halogens is 2. The Balaban J connectivity index is 1.87. The van der Waals surface area contributed by atoms with Crippen LogP contribution in [0.4, 0.5) is 0 Å². The molecule has 3 nitrogen and oxygen atoms in total. The van der Waals surface area contributed by atoms with Gasteiger partial charge in [0.2, 0.25) is 5.88 Å². The van der Waals surface area contributed by atoms with Gasteiger partial charge in [0.1, 0.15) is 6.10 Å². The van der Waals surface area contributed by atoms with Gasteiger partial charge in [-0.05, 0) is 18.9 Å². The summed E-state index contributed by atoms with van der Waals surface area (Å²) in [6.45, 7) is 2.25. The number of rotatable bonds is 3. The van der Waals surface area contributed by atoms with Crippen LogP contribution in [0.1, 0.15) is 12.8 Å². The second-order valence-electron chi connectivity index (χ2n) is 3.87. The summed E-state index contributed by atoms with van der Waals surface area (Å²) in [6.07, 6.45) is 4.27. The molecule has 1 aliphatic heterocycles. The average Bonchev–Trinajstić information content (AvgIpc) is 2.30. The molecule has 0 spiro atoms. The molecule has 0 aromatic carbocycles. The largest absolute Gasteiger partial charge is 0.474 e.